The van der Waals surface area contributed by atoms with Gasteiger partial charge in [0.25, 0.3) is 5.56 Å². The number of aromatic nitrogens is 3. The van der Waals surface area contributed by atoms with Gasteiger partial charge in [-0.15, -0.1) is 11.3 Å². The van der Waals surface area contributed by atoms with Crippen LogP contribution in [0.15, 0.2) is 15.8 Å². The van der Waals surface area contributed by atoms with E-state index in [2.05, 4.69) is 4.98 Å². The van der Waals surface area contributed by atoms with Crippen LogP contribution in [0.5, 0.6) is 0 Å². The number of aryl methyl sites for hydroxylation is 3. The second kappa shape index (κ2) is 5.00. The van der Waals surface area contributed by atoms with Crippen molar-refractivity contribution in [3.63, 3.8) is 0 Å². The van der Waals surface area contributed by atoms with E-state index in [1.807, 2.05) is 20.8 Å². The van der Waals surface area contributed by atoms with Crippen LogP contribution < -0.4 is 17.0 Å². The summed E-state index contributed by atoms with van der Waals surface area (Å²) in [4.78, 5) is 29.5. The first-order valence-corrected chi connectivity index (χ1v) is 6.78. The molecule has 0 fully saturated rings. The van der Waals surface area contributed by atoms with E-state index >= 15 is 0 Å². The van der Waals surface area contributed by atoms with Gasteiger partial charge in [-0.1, -0.05) is 0 Å². The molecule has 19 heavy (non-hydrogen) atoms. The van der Waals surface area contributed by atoms with E-state index in [4.69, 9.17) is 5.73 Å². The van der Waals surface area contributed by atoms with Crippen LogP contribution in [0.4, 0.5) is 5.69 Å². The van der Waals surface area contributed by atoms with Crippen molar-refractivity contribution in [1.29, 1.82) is 0 Å². The van der Waals surface area contributed by atoms with E-state index in [1.54, 1.807) is 0 Å². The van der Waals surface area contributed by atoms with Crippen LogP contribution in [-0.4, -0.2) is 14.1 Å². The molecule has 0 aliphatic carbocycles. The van der Waals surface area contributed by atoms with Crippen molar-refractivity contribution >= 4 is 17.0 Å². The van der Waals surface area contributed by atoms with E-state index in [9.17, 15) is 9.59 Å². The molecule has 0 spiro atoms. The predicted molar refractivity (Wildman–Crippen MR) is 75.7 cm³/mol. The summed E-state index contributed by atoms with van der Waals surface area (Å²) in [5.41, 5.74) is 5.83. The number of hydrogen-bond acceptors (Lipinski definition) is 5. The zero-order valence-electron chi connectivity index (χ0n) is 11.1. The van der Waals surface area contributed by atoms with Gasteiger partial charge in [0.1, 0.15) is 10.7 Å². The SMILES string of the molecule is CCn1cc(N)c(=O)n(Cc2nc(C)c(C)s2)c1=O. The van der Waals surface area contributed by atoms with Crippen molar-refractivity contribution in [3.05, 3.63) is 42.6 Å². The Labute approximate surface area is 114 Å². The van der Waals surface area contributed by atoms with Crippen molar-refractivity contribution < 1.29 is 0 Å². The number of hydrogen-bond donors (Lipinski definition) is 1. The first kappa shape index (κ1) is 13.5. The number of nitrogens with zero attached hydrogens (tertiary/aromatic N) is 3. The molecule has 0 aliphatic heterocycles. The molecule has 7 heteroatoms. The fourth-order valence-electron chi connectivity index (χ4n) is 1.78. The van der Waals surface area contributed by atoms with Gasteiger partial charge in [-0.25, -0.2) is 9.78 Å². The Morgan fingerprint density at radius 2 is 2.05 bits per heavy atom. The third-order valence-corrected chi connectivity index (χ3v) is 4.03. The van der Waals surface area contributed by atoms with Gasteiger partial charge < -0.3 is 5.73 Å². The second-order valence-corrected chi connectivity index (χ2v) is 5.58. The minimum Gasteiger partial charge on any atom is -0.393 e. The van der Waals surface area contributed by atoms with Crippen molar-refractivity contribution in [1.82, 2.24) is 14.1 Å². The molecule has 6 nitrogen and oxygen atoms in total. The van der Waals surface area contributed by atoms with Crippen LogP contribution in [-0.2, 0) is 13.1 Å². The Balaban J connectivity index is 2.53. The normalized spacial score (nSPS) is 10.9. The van der Waals surface area contributed by atoms with Crippen molar-refractivity contribution in [2.75, 3.05) is 5.73 Å². The van der Waals surface area contributed by atoms with Crippen LogP contribution >= 0.6 is 11.3 Å². The summed E-state index contributed by atoms with van der Waals surface area (Å²) in [6.45, 7) is 6.33. The topological polar surface area (TPSA) is 82.9 Å². The molecule has 2 aromatic rings. The van der Waals surface area contributed by atoms with Gasteiger partial charge in [-0.2, -0.15) is 0 Å². The van der Waals surface area contributed by atoms with E-state index in [-0.39, 0.29) is 17.9 Å². The van der Waals surface area contributed by atoms with E-state index in [0.717, 1.165) is 20.1 Å². The van der Waals surface area contributed by atoms with Crippen LogP contribution in [0.25, 0.3) is 0 Å². The molecule has 2 N–H and O–H groups in total. The predicted octanol–water partition coefficient (Wildman–Crippen LogP) is 0.734. The maximum Gasteiger partial charge on any atom is 0.331 e. The van der Waals surface area contributed by atoms with Crippen molar-refractivity contribution in [3.8, 4) is 0 Å². The minimum absolute atomic E-state index is 0.0754. The molecule has 0 aliphatic rings. The first-order valence-electron chi connectivity index (χ1n) is 5.96. The lowest BCUT2D eigenvalue weighted by molar-refractivity contribution is 0.601. The summed E-state index contributed by atoms with van der Waals surface area (Å²) < 4.78 is 2.56. The number of nitrogens with two attached hydrogens (primary N) is 1. The van der Waals surface area contributed by atoms with Gasteiger partial charge in [0.05, 0.1) is 12.2 Å². The summed E-state index contributed by atoms with van der Waals surface area (Å²) in [5, 5.41) is 0.738. The molecule has 0 saturated heterocycles. The van der Waals surface area contributed by atoms with Crippen LogP contribution in [0, 0.1) is 13.8 Å². The molecule has 0 radical (unpaired) electrons. The molecular weight excluding hydrogens is 264 g/mol. The van der Waals surface area contributed by atoms with E-state index in [0.29, 0.717) is 6.54 Å². The highest BCUT2D eigenvalue weighted by molar-refractivity contribution is 7.11. The average Bonchev–Trinajstić information content (AvgIpc) is 2.68. The molecule has 102 valence electrons. The Kier molecular flexibility index (Phi) is 3.57. The fraction of sp³-hybridized carbons (Fsp3) is 0.417. The number of thiazole rings is 1. The Bertz CT molecular complexity index is 707. The molecule has 0 saturated carbocycles. The Morgan fingerprint density at radius 3 is 2.58 bits per heavy atom. The van der Waals surface area contributed by atoms with Gasteiger partial charge in [0.2, 0.25) is 0 Å². The summed E-state index contributed by atoms with van der Waals surface area (Å²) in [6.07, 6.45) is 1.39. The summed E-state index contributed by atoms with van der Waals surface area (Å²) in [5.74, 6) is 0. The van der Waals surface area contributed by atoms with E-state index in [1.165, 1.54) is 22.1 Å². The third-order valence-electron chi connectivity index (χ3n) is 2.97. The van der Waals surface area contributed by atoms with Gasteiger partial charge in [-0.3, -0.25) is 13.9 Å². The van der Waals surface area contributed by atoms with Gasteiger partial charge in [0.15, 0.2) is 0 Å². The maximum atomic E-state index is 12.1. The average molecular weight is 280 g/mol. The summed E-state index contributed by atoms with van der Waals surface area (Å²) in [6, 6.07) is 0. The smallest absolute Gasteiger partial charge is 0.331 e. The molecule has 2 aromatic heterocycles. The standard InChI is InChI=1S/C12H16N4O2S/c1-4-15-5-9(13)11(17)16(12(15)18)6-10-14-7(2)8(3)19-10/h5H,4,6,13H2,1-3H3. The molecule has 2 rings (SSSR count). The van der Waals surface area contributed by atoms with Crippen LogP contribution in [0.2, 0.25) is 0 Å². The second-order valence-electron chi connectivity index (χ2n) is 4.29. The third kappa shape index (κ3) is 2.46. The quantitative estimate of drug-likeness (QED) is 0.898. The lowest BCUT2D eigenvalue weighted by Gasteiger charge is -2.08. The van der Waals surface area contributed by atoms with Crippen LogP contribution in [0.1, 0.15) is 22.5 Å². The van der Waals surface area contributed by atoms with Crippen molar-refractivity contribution in [2.24, 2.45) is 0 Å². The minimum atomic E-state index is -0.458. The molecule has 0 unspecified atom stereocenters. The number of anilines is 1. The molecule has 0 aromatic carbocycles. The largest absolute Gasteiger partial charge is 0.393 e. The summed E-state index contributed by atoms with van der Waals surface area (Å²) >= 11 is 1.49. The highest BCUT2D eigenvalue weighted by atomic mass is 32.1. The summed E-state index contributed by atoms with van der Waals surface area (Å²) in [7, 11) is 0. The van der Waals surface area contributed by atoms with Gasteiger partial charge in [-0.05, 0) is 20.8 Å². The zero-order chi connectivity index (χ0) is 14.2. The number of rotatable bonds is 3. The first-order chi connectivity index (χ1) is 8.93. The maximum absolute atomic E-state index is 12.1. The van der Waals surface area contributed by atoms with E-state index < -0.39 is 5.56 Å². The monoisotopic (exact) mass is 280 g/mol. The zero-order valence-corrected chi connectivity index (χ0v) is 12.0. The number of nitrogen functional groups attached to an aromatic ring is 1. The Morgan fingerprint density at radius 1 is 1.37 bits per heavy atom. The molecular formula is C12H16N4O2S. The van der Waals surface area contributed by atoms with Crippen molar-refractivity contribution in [2.45, 2.75) is 33.9 Å². The molecule has 0 atom stereocenters. The Hall–Kier alpha value is -1.89. The lowest BCUT2D eigenvalue weighted by Crippen LogP contribution is -2.40. The molecule has 2 heterocycles. The molecule has 0 bridgehead atoms. The van der Waals surface area contributed by atoms with Gasteiger partial charge in [0, 0.05) is 17.6 Å². The highest BCUT2D eigenvalue weighted by Crippen LogP contribution is 2.16. The molecule has 0 amide bonds. The van der Waals surface area contributed by atoms with Gasteiger partial charge >= 0.3 is 5.69 Å². The lowest BCUT2D eigenvalue weighted by atomic mass is 10.4. The fourth-order valence-corrected chi connectivity index (χ4v) is 2.71. The van der Waals surface area contributed by atoms with Crippen LogP contribution in [0.3, 0.4) is 0 Å². The highest BCUT2D eigenvalue weighted by Gasteiger charge is 2.11.